The average Bonchev–Trinajstić information content (AvgIpc) is 3.11. The fraction of sp³-hybridized carbons (Fsp3) is 0.688. The second-order valence-corrected chi connectivity index (χ2v) is 7.53. The number of amides is 1. The summed E-state index contributed by atoms with van der Waals surface area (Å²) in [4.78, 5) is 30.5. The van der Waals surface area contributed by atoms with Gasteiger partial charge in [0.05, 0.1) is 5.01 Å². The molecule has 1 amide bonds. The summed E-state index contributed by atoms with van der Waals surface area (Å²) in [5.74, 6) is -0.475. The van der Waals surface area contributed by atoms with Gasteiger partial charge in [0, 0.05) is 17.3 Å². The lowest BCUT2D eigenvalue weighted by Crippen LogP contribution is -2.46. The zero-order chi connectivity index (χ0) is 15.9. The van der Waals surface area contributed by atoms with E-state index in [0.717, 1.165) is 30.7 Å². The molecule has 1 N–H and O–H groups in total. The second-order valence-electron chi connectivity index (χ2n) is 6.64. The average molecular weight is 322 g/mol. The van der Waals surface area contributed by atoms with Crippen LogP contribution in [0.15, 0.2) is 5.38 Å². The van der Waals surface area contributed by atoms with Crippen LogP contribution in [-0.4, -0.2) is 39.0 Å². The number of carboxylic acids is 1. The molecule has 1 aliphatic carbocycles. The lowest BCUT2D eigenvalue weighted by molar-refractivity contribution is -0.141. The maximum Gasteiger partial charge on any atom is 0.326 e. The zero-order valence-electron chi connectivity index (χ0n) is 13.0. The highest BCUT2D eigenvalue weighted by atomic mass is 32.1. The summed E-state index contributed by atoms with van der Waals surface area (Å²) < 4.78 is 0. The number of rotatable bonds is 3. The number of carbonyl (C=O) groups is 2. The first kappa shape index (κ1) is 15.5. The van der Waals surface area contributed by atoms with Crippen molar-refractivity contribution in [1.29, 1.82) is 0 Å². The van der Waals surface area contributed by atoms with E-state index in [2.05, 4.69) is 4.98 Å². The Kier molecular flexibility index (Phi) is 4.21. The molecule has 5 nitrogen and oxygen atoms in total. The van der Waals surface area contributed by atoms with E-state index in [4.69, 9.17) is 0 Å². The van der Waals surface area contributed by atoms with Crippen LogP contribution in [0.5, 0.6) is 0 Å². The van der Waals surface area contributed by atoms with Crippen LogP contribution in [0.1, 0.15) is 67.4 Å². The van der Waals surface area contributed by atoms with Crippen molar-refractivity contribution in [3.8, 4) is 0 Å². The van der Waals surface area contributed by atoms with Crippen molar-refractivity contribution in [2.75, 3.05) is 0 Å². The lowest BCUT2D eigenvalue weighted by Gasteiger charge is -2.32. The maximum atomic E-state index is 12.9. The molecule has 3 atom stereocenters. The molecule has 1 aromatic rings. The topological polar surface area (TPSA) is 70.5 Å². The van der Waals surface area contributed by atoms with Crippen LogP contribution in [0.25, 0.3) is 0 Å². The Bertz CT molecular complexity index is 584. The molecule has 0 radical (unpaired) electrons. The molecule has 22 heavy (non-hydrogen) atoms. The summed E-state index contributed by atoms with van der Waals surface area (Å²) in [6, 6.07) is -0.614. The van der Waals surface area contributed by atoms with Crippen LogP contribution in [0.2, 0.25) is 0 Å². The number of carboxylic acid groups (broad SMARTS) is 1. The first-order valence-corrected chi connectivity index (χ1v) is 8.88. The van der Waals surface area contributed by atoms with Crippen LogP contribution in [-0.2, 0) is 4.79 Å². The first-order chi connectivity index (χ1) is 10.5. The number of hydrogen-bond donors (Lipinski definition) is 1. The summed E-state index contributed by atoms with van der Waals surface area (Å²) in [6.45, 7) is 4.08. The fourth-order valence-electron chi connectivity index (χ4n) is 3.76. The molecular weight excluding hydrogens is 300 g/mol. The predicted molar refractivity (Wildman–Crippen MR) is 84.2 cm³/mol. The Labute approximate surface area is 134 Å². The van der Waals surface area contributed by atoms with Gasteiger partial charge in [0.1, 0.15) is 11.7 Å². The van der Waals surface area contributed by atoms with Crippen LogP contribution in [0, 0.1) is 5.92 Å². The van der Waals surface area contributed by atoms with Gasteiger partial charge in [0.2, 0.25) is 0 Å². The van der Waals surface area contributed by atoms with Gasteiger partial charge in [-0.3, -0.25) is 4.79 Å². The zero-order valence-corrected chi connectivity index (χ0v) is 13.8. The van der Waals surface area contributed by atoms with Crippen molar-refractivity contribution in [2.24, 2.45) is 5.92 Å². The standard InChI is InChI=1S/C16H22N2O3S/c1-9(2)14-17-11(8-22-14)15(19)18-12-6-4-3-5-10(12)7-13(18)16(20)21/h8-10,12-13H,3-7H2,1-2H3,(H,20,21)/t10-,12-,13+/m1/s1. The third-order valence-corrected chi connectivity index (χ3v) is 5.99. The minimum Gasteiger partial charge on any atom is -0.480 e. The lowest BCUT2D eigenvalue weighted by atomic mass is 9.84. The van der Waals surface area contributed by atoms with Gasteiger partial charge in [-0.1, -0.05) is 26.7 Å². The van der Waals surface area contributed by atoms with Crippen molar-refractivity contribution in [3.63, 3.8) is 0 Å². The summed E-state index contributed by atoms with van der Waals surface area (Å²) in [5.41, 5.74) is 0.408. The third kappa shape index (κ3) is 2.64. The van der Waals surface area contributed by atoms with Gasteiger partial charge in [0.25, 0.3) is 5.91 Å². The van der Waals surface area contributed by atoms with E-state index in [1.54, 1.807) is 10.3 Å². The third-order valence-electron chi connectivity index (χ3n) is 4.84. The van der Waals surface area contributed by atoms with Gasteiger partial charge in [-0.05, 0) is 25.2 Å². The van der Waals surface area contributed by atoms with Gasteiger partial charge in [0.15, 0.2) is 0 Å². The van der Waals surface area contributed by atoms with Crippen molar-refractivity contribution >= 4 is 23.2 Å². The van der Waals surface area contributed by atoms with Gasteiger partial charge < -0.3 is 10.0 Å². The molecule has 1 saturated heterocycles. The molecule has 0 aromatic carbocycles. The van der Waals surface area contributed by atoms with Gasteiger partial charge in [-0.15, -0.1) is 11.3 Å². The number of thiazole rings is 1. The Morgan fingerprint density at radius 3 is 2.73 bits per heavy atom. The molecule has 2 fully saturated rings. The minimum absolute atomic E-state index is 0.0755. The molecule has 0 spiro atoms. The van der Waals surface area contributed by atoms with E-state index in [0.29, 0.717) is 18.0 Å². The van der Waals surface area contributed by atoms with E-state index in [-0.39, 0.29) is 17.9 Å². The molecule has 1 aromatic heterocycles. The first-order valence-electron chi connectivity index (χ1n) is 8.00. The van der Waals surface area contributed by atoms with Crippen LogP contribution in [0.3, 0.4) is 0 Å². The van der Waals surface area contributed by atoms with E-state index < -0.39 is 12.0 Å². The number of aromatic nitrogens is 1. The minimum atomic E-state index is -0.887. The van der Waals surface area contributed by atoms with Gasteiger partial charge in [-0.25, -0.2) is 9.78 Å². The number of carbonyl (C=O) groups excluding carboxylic acids is 1. The molecule has 2 aliphatic rings. The Balaban J connectivity index is 1.88. The Morgan fingerprint density at radius 1 is 1.36 bits per heavy atom. The predicted octanol–water partition coefficient (Wildman–Crippen LogP) is 3.12. The van der Waals surface area contributed by atoms with E-state index >= 15 is 0 Å². The fourth-order valence-corrected chi connectivity index (χ4v) is 4.57. The molecule has 2 heterocycles. The Hall–Kier alpha value is -1.43. The molecule has 0 unspecified atom stereocenters. The smallest absolute Gasteiger partial charge is 0.326 e. The van der Waals surface area contributed by atoms with Crippen LogP contribution in [0.4, 0.5) is 0 Å². The highest BCUT2D eigenvalue weighted by molar-refractivity contribution is 7.09. The normalized spacial score (nSPS) is 28.0. The van der Waals surface area contributed by atoms with Crippen molar-refractivity contribution in [3.05, 3.63) is 16.1 Å². The van der Waals surface area contributed by atoms with Crippen molar-refractivity contribution in [2.45, 2.75) is 64.0 Å². The molecule has 0 bridgehead atoms. The monoisotopic (exact) mass is 322 g/mol. The van der Waals surface area contributed by atoms with E-state index in [1.807, 2.05) is 13.8 Å². The highest BCUT2D eigenvalue weighted by Gasteiger charge is 2.48. The van der Waals surface area contributed by atoms with E-state index in [9.17, 15) is 14.7 Å². The number of fused-ring (bicyclic) bond motifs is 1. The molecule has 1 aliphatic heterocycles. The molecule has 3 rings (SSSR count). The quantitative estimate of drug-likeness (QED) is 0.928. The highest BCUT2D eigenvalue weighted by Crippen LogP contribution is 2.40. The van der Waals surface area contributed by atoms with Crippen molar-refractivity contribution < 1.29 is 14.7 Å². The number of hydrogen-bond acceptors (Lipinski definition) is 4. The second kappa shape index (κ2) is 5.99. The summed E-state index contributed by atoms with van der Waals surface area (Å²) in [6.07, 6.45) is 4.76. The SMILES string of the molecule is CC(C)c1nc(C(=O)N2[C@@H]3CCCC[C@@H]3C[C@H]2C(=O)O)cs1. The van der Waals surface area contributed by atoms with Crippen LogP contribution >= 0.6 is 11.3 Å². The van der Waals surface area contributed by atoms with Gasteiger partial charge >= 0.3 is 5.97 Å². The Morgan fingerprint density at radius 2 is 2.09 bits per heavy atom. The van der Waals surface area contributed by atoms with E-state index in [1.165, 1.54) is 11.3 Å². The van der Waals surface area contributed by atoms with Gasteiger partial charge in [-0.2, -0.15) is 0 Å². The van der Waals surface area contributed by atoms with Crippen molar-refractivity contribution in [1.82, 2.24) is 9.88 Å². The van der Waals surface area contributed by atoms with Crippen LogP contribution < -0.4 is 0 Å². The number of aliphatic carboxylic acids is 1. The molecule has 120 valence electrons. The molecule has 1 saturated carbocycles. The number of likely N-dealkylation sites (tertiary alicyclic amines) is 1. The molecular formula is C16H22N2O3S. The maximum absolute atomic E-state index is 12.9. The summed E-state index contributed by atoms with van der Waals surface area (Å²) in [5, 5.41) is 12.2. The largest absolute Gasteiger partial charge is 0.480 e. The number of nitrogens with zero attached hydrogens (tertiary/aromatic N) is 2. The molecule has 6 heteroatoms. The summed E-state index contributed by atoms with van der Waals surface area (Å²) in [7, 11) is 0. The summed E-state index contributed by atoms with van der Waals surface area (Å²) >= 11 is 1.48.